The Hall–Kier alpha value is -3.40. The van der Waals surface area contributed by atoms with Crippen LogP contribution in [0.1, 0.15) is 48.2 Å². The molecule has 2 aromatic heterocycles. The van der Waals surface area contributed by atoms with Crippen LogP contribution >= 0.6 is 0 Å². The third kappa shape index (κ3) is 6.80. The van der Waals surface area contributed by atoms with E-state index in [1.165, 1.54) is 11.1 Å². The van der Waals surface area contributed by atoms with Gasteiger partial charge >= 0.3 is 12.1 Å². The summed E-state index contributed by atoms with van der Waals surface area (Å²) in [5.74, 6) is -1.62. The quantitative estimate of drug-likeness (QED) is 0.539. The monoisotopic (exact) mass is 473 g/mol. The number of aromatic nitrogens is 4. The van der Waals surface area contributed by atoms with Crippen LogP contribution in [0.4, 0.5) is 13.2 Å². The molecule has 3 aromatic rings. The molecule has 4 rings (SSSR count). The average Bonchev–Trinajstić information content (AvgIpc) is 3.02. The second-order valence-electron chi connectivity index (χ2n) is 8.04. The molecule has 180 valence electrons. The van der Waals surface area contributed by atoms with Crippen LogP contribution in [0.3, 0.4) is 0 Å². The van der Waals surface area contributed by atoms with Gasteiger partial charge in [0.25, 0.3) is 0 Å². The Bertz CT molecular complexity index is 1080. The highest BCUT2D eigenvalue weighted by molar-refractivity contribution is 5.73. The predicted molar refractivity (Wildman–Crippen MR) is 120 cm³/mol. The van der Waals surface area contributed by atoms with Crippen molar-refractivity contribution in [2.24, 2.45) is 0 Å². The molecule has 10 heteroatoms. The maximum atomic E-state index is 10.6. The minimum Gasteiger partial charge on any atom is -0.475 e. The lowest BCUT2D eigenvalue weighted by Crippen LogP contribution is -2.32. The van der Waals surface area contributed by atoms with E-state index >= 15 is 0 Å². The Kier molecular flexibility index (Phi) is 8.27. The number of benzene rings is 1. The van der Waals surface area contributed by atoms with Crippen LogP contribution in [-0.2, 0) is 17.6 Å². The van der Waals surface area contributed by atoms with Crippen molar-refractivity contribution in [1.29, 1.82) is 0 Å². The first-order valence-corrected chi connectivity index (χ1v) is 10.9. The van der Waals surface area contributed by atoms with Gasteiger partial charge in [0.1, 0.15) is 0 Å². The van der Waals surface area contributed by atoms with E-state index in [1.54, 1.807) is 18.5 Å². The van der Waals surface area contributed by atoms with Gasteiger partial charge < -0.3 is 10.4 Å². The SMILES string of the molecule is Cc1nc(-c2ncccn2)ncc1C(C)NC1CCc2ccccc2CC1.O=C(O)C(F)(F)F. The lowest BCUT2D eigenvalue weighted by Gasteiger charge is -2.23. The Labute approximate surface area is 195 Å². The van der Waals surface area contributed by atoms with Gasteiger partial charge in [-0.15, -0.1) is 0 Å². The lowest BCUT2D eigenvalue weighted by molar-refractivity contribution is -0.192. The summed E-state index contributed by atoms with van der Waals surface area (Å²) in [4.78, 5) is 26.5. The van der Waals surface area contributed by atoms with E-state index in [0.29, 0.717) is 17.7 Å². The summed E-state index contributed by atoms with van der Waals surface area (Å²) in [6.45, 7) is 4.23. The molecular weight excluding hydrogens is 447 g/mol. The summed E-state index contributed by atoms with van der Waals surface area (Å²) in [5, 5.41) is 10.9. The zero-order chi connectivity index (χ0) is 24.7. The molecule has 2 N–H and O–H groups in total. The van der Waals surface area contributed by atoms with Crippen LogP contribution in [-0.4, -0.2) is 43.2 Å². The van der Waals surface area contributed by atoms with Crippen LogP contribution in [0.15, 0.2) is 48.9 Å². The summed E-state index contributed by atoms with van der Waals surface area (Å²) in [6, 6.07) is 11.3. The largest absolute Gasteiger partial charge is 0.490 e. The number of nitrogens with zero attached hydrogens (tertiary/aromatic N) is 4. The van der Waals surface area contributed by atoms with Crippen molar-refractivity contribution in [1.82, 2.24) is 25.3 Å². The van der Waals surface area contributed by atoms with E-state index in [9.17, 15) is 13.2 Å². The Morgan fingerprint density at radius 1 is 1.03 bits per heavy atom. The molecule has 0 amide bonds. The third-order valence-corrected chi connectivity index (χ3v) is 5.62. The zero-order valence-corrected chi connectivity index (χ0v) is 18.9. The second-order valence-corrected chi connectivity index (χ2v) is 8.04. The highest BCUT2D eigenvalue weighted by Crippen LogP contribution is 2.24. The fourth-order valence-corrected chi connectivity index (χ4v) is 3.88. The molecular formula is C24H26F3N5O2. The first kappa shape index (κ1) is 25.2. The molecule has 0 radical (unpaired) electrons. The van der Waals surface area contributed by atoms with Crippen LogP contribution in [0.25, 0.3) is 11.6 Å². The van der Waals surface area contributed by atoms with Crippen molar-refractivity contribution in [2.75, 3.05) is 0 Å². The average molecular weight is 473 g/mol. The van der Waals surface area contributed by atoms with Crippen molar-refractivity contribution < 1.29 is 23.1 Å². The molecule has 0 saturated carbocycles. The normalized spacial score (nSPS) is 14.9. The first-order chi connectivity index (χ1) is 16.1. The third-order valence-electron chi connectivity index (χ3n) is 5.62. The van der Waals surface area contributed by atoms with E-state index < -0.39 is 12.1 Å². The van der Waals surface area contributed by atoms with Crippen LogP contribution in [0.5, 0.6) is 0 Å². The minimum atomic E-state index is -5.08. The maximum absolute atomic E-state index is 10.6. The van der Waals surface area contributed by atoms with E-state index in [2.05, 4.69) is 56.4 Å². The highest BCUT2D eigenvalue weighted by Gasteiger charge is 2.38. The Morgan fingerprint density at radius 3 is 2.09 bits per heavy atom. The number of carbonyl (C=O) groups is 1. The van der Waals surface area contributed by atoms with Crippen molar-refractivity contribution in [2.45, 2.75) is 57.8 Å². The van der Waals surface area contributed by atoms with E-state index in [0.717, 1.165) is 36.9 Å². The molecule has 0 spiro atoms. The number of halogens is 3. The van der Waals surface area contributed by atoms with Gasteiger partial charge in [-0.05, 0) is 56.7 Å². The number of hydrogen-bond donors (Lipinski definition) is 2. The van der Waals surface area contributed by atoms with Gasteiger partial charge in [0.2, 0.25) is 0 Å². The van der Waals surface area contributed by atoms with Crippen LogP contribution < -0.4 is 5.32 Å². The lowest BCUT2D eigenvalue weighted by atomic mass is 10.0. The number of rotatable bonds is 4. The number of carboxylic acid groups (broad SMARTS) is 1. The number of hydrogen-bond acceptors (Lipinski definition) is 6. The standard InChI is InChI=1S/C22H25N5.C2HF3O2/c1-15(26-19-10-8-17-6-3-4-7-18(17)9-11-19)20-14-25-22(27-16(20)2)21-23-12-5-13-24-21;3-2(4,5)1(6)7/h3-7,12-15,19,26H,8-11H2,1-2H3;(H,6,7). The van der Waals surface area contributed by atoms with Crippen LogP contribution in [0.2, 0.25) is 0 Å². The van der Waals surface area contributed by atoms with Gasteiger partial charge in [0.05, 0.1) is 0 Å². The number of nitrogens with one attached hydrogen (secondary N) is 1. The molecule has 1 atom stereocenters. The summed E-state index contributed by atoms with van der Waals surface area (Å²) >= 11 is 0. The smallest absolute Gasteiger partial charge is 0.475 e. The molecule has 2 heterocycles. The molecule has 0 fully saturated rings. The predicted octanol–water partition coefficient (Wildman–Crippen LogP) is 4.47. The molecule has 1 aromatic carbocycles. The molecule has 7 nitrogen and oxygen atoms in total. The van der Waals surface area contributed by atoms with Gasteiger partial charge in [-0.2, -0.15) is 13.2 Å². The zero-order valence-electron chi connectivity index (χ0n) is 18.9. The topological polar surface area (TPSA) is 101 Å². The summed E-state index contributed by atoms with van der Waals surface area (Å²) in [7, 11) is 0. The summed E-state index contributed by atoms with van der Waals surface area (Å²) in [5.41, 5.74) is 5.11. The number of aryl methyl sites for hydroxylation is 3. The Morgan fingerprint density at radius 2 is 1.59 bits per heavy atom. The number of fused-ring (bicyclic) bond motifs is 1. The van der Waals surface area contributed by atoms with E-state index in [-0.39, 0.29) is 6.04 Å². The number of aliphatic carboxylic acids is 1. The molecule has 1 aliphatic rings. The molecule has 1 unspecified atom stereocenters. The van der Waals surface area contributed by atoms with Crippen molar-refractivity contribution in [3.8, 4) is 11.6 Å². The highest BCUT2D eigenvalue weighted by atomic mass is 19.4. The van der Waals surface area contributed by atoms with Gasteiger partial charge in [0.15, 0.2) is 11.6 Å². The second kappa shape index (κ2) is 11.1. The van der Waals surface area contributed by atoms with Crippen molar-refractivity contribution >= 4 is 5.97 Å². The Balaban J connectivity index is 0.000000406. The van der Waals surface area contributed by atoms with Gasteiger partial charge in [-0.3, -0.25) is 0 Å². The van der Waals surface area contributed by atoms with Crippen molar-refractivity contribution in [3.05, 3.63) is 71.3 Å². The van der Waals surface area contributed by atoms with Gasteiger partial charge in [0, 0.05) is 41.9 Å². The number of carboxylic acids is 1. The van der Waals surface area contributed by atoms with Crippen LogP contribution in [0, 0.1) is 6.92 Å². The van der Waals surface area contributed by atoms with Gasteiger partial charge in [-0.25, -0.2) is 24.7 Å². The summed E-state index contributed by atoms with van der Waals surface area (Å²) in [6.07, 6.45) is 4.86. The number of alkyl halides is 3. The molecule has 0 saturated heterocycles. The van der Waals surface area contributed by atoms with E-state index in [4.69, 9.17) is 9.90 Å². The molecule has 0 aliphatic heterocycles. The van der Waals surface area contributed by atoms with Crippen molar-refractivity contribution in [3.63, 3.8) is 0 Å². The minimum absolute atomic E-state index is 0.210. The maximum Gasteiger partial charge on any atom is 0.490 e. The fourth-order valence-electron chi connectivity index (χ4n) is 3.88. The molecule has 0 bridgehead atoms. The molecule has 34 heavy (non-hydrogen) atoms. The fraction of sp³-hybridized carbons (Fsp3) is 0.375. The summed E-state index contributed by atoms with van der Waals surface area (Å²) < 4.78 is 31.7. The van der Waals surface area contributed by atoms with Gasteiger partial charge in [-0.1, -0.05) is 24.3 Å². The van der Waals surface area contributed by atoms with E-state index in [1.807, 2.05) is 13.1 Å². The first-order valence-electron chi connectivity index (χ1n) is 10.9. The molecule has 1 aliphatic carbocycles.